The van der Waals surface area contributed by atoms with Gasteiger partial charge in [0, 0.05) is 12.1 Å². The van der Waals surface area contributed by atoms with Crippen LogP contribution in [0.25, 0.3) is 0 Å². The van der Waals surface area contributed by atoms with E-state index in [9.17, 15) is 4.39 Å². The SMILES string of the molecule is CCC(C)CC(C)NC1CCc2c(F)cccc21. The number of hydrogen-bond acceptors (Lipinski definition) is 1. The molecule has 1 aliphatic rings. The van der Waals surface area contributed by atoms with E-state index in [1.165, 1.54) is 18.4 Å². The highest BCUT2D eigenvalue weighted by atomic mass is 19.1. The Morgan fingerprint density at radius 2 is 2.17 bits per heavy atom. The standard InChI is InChI=1S/C16H24FN/c1-4-11(2)10-12(3)18-16-9-8-13-14(16)6-5-7-15(13)17/h5-7,11-12,16,18H,4,8-10H2,1-3H3. The summed E-state index contributed by atoms with van der Waals surface area (Å²) in [7, 11) is 0. The Morgan fingerprint density at radius 1 is 1.39 bits per heavy atom. The van der Waals surface area contributed by atoms with Crippen molar-refractivity contribution >= 4 is 0 Å². The van der Waals surface area contributed by atoms with Crippen LogP contribution in [0.1, 0.15) is 57.2 Å². The highest BCUT2D eigenvalue weighted by Gasteiger charge is 2.25. The molecule has 1 aromatic carbocycles. The van der Waals surface area contributed by atoms with Gasteiger partial charge in [0.05, 0.1) is 0 Å². The molecule has 0 bridgehead atoms. The quantitative estimate of drug-likeness (QED) is 0.823. The zero-order chi connectivity index (χ0) is 13.1. The van der Waals surface area contributed by atoms with Crippen molar-refractivity contribution in [3.05, 3.63) is 35.1 Å². The summed E-state index contributed by atoms with van der Waals surface area (Å²) in [6, 6.07) is 6.31. The highest BCUT2D eigenvalue weighted by molar-refractivity contribution is 5.35. The monoisotopic (exact) mass is 249 g/mol. The lowest BCUT2D eigenvalue weighted by Crippen LogP contribution is -2.30. The second-order valence-corrected chi connectivity index (χ2v) is 5.72. The van der Waals surface area contributed by atoms with Gasteiger partial charge in [-0.05, 0) is 49.3 Å². The van der Waals surface area contributed by atoms with Crippen LogP contribution in [0.15, 0.2) is 18.2 Å². The largest absolute Gasteiger partial charge is 0.307 e. The predicted molar refractivity (Wildman–Crippen MR) is 74.1 cm³/mol. The Bertz CT molecular complexity index is 402. The number of nitrogens with one attached hydrogen (secondary N) is 1. The van der Waals surface area contributed by atoms with E-state index in [0.717, 1.165) is 24.3 Å². The molecule has 3 atom stereocenters. The molecule has 2 heteroatoms. The Kier molecular flexibility index (Phi) is 4.39. The molecule has 2 rings (SSSR count). The van der Waals surface area contributed by atoms with Crippen LogP contribution in [0.4, 0.5) is 4.39 Å². The first kappa shape index (κ1) is 13.5. The summed E-state index contributed by atoms with van der Waals surface area (Å²) in [5.41, 5.74) is 2.09. The van der Waals surface area contributed by atoms with Crippen LogP contribution in [0.2, 0.25) is 0 Å². The molecule has 18 heavy (non-hydrogen) atoms. The molecule has 0 saturated carbocycles. The van der Waals surface area contributed by atoms with E-state index in [1.807, 2.05) is 6.07 Å². The van der Waals surface area contributed by atoms with Crippen LogP contribution in [0.3, 0.4) is 0 Å². The van der Waals surface area contributed by atoms with Crippen molar-refractivity contribution in [2.75, 3.05) is 0 Å². The topological polar surface area (TPSA) is 12.0 Å². The Labute approximate surface area is 110 Å². The van der Waals surface area contributed by atoms with Crippen LogP contribution < -0.4 is 5.32 Å². The molecule has 0 spiro atoms. The number of fused-ring (bicyclic) bond motifs is 1. The van der Waals surface area contributed by atoms with Crippen molar-refractivity contribution in [3.8, 4) is 0 Å². The lowest BCUT2D eigenvalue weighted by Gasteiger charge is -2.22. The third-order valence-corrected chi connectivity index (χ3v) is 4.15. The number of halogens is 1. The summed E-state index contributed by atoms with van der Waals surface area (Å²) in [4.78, 5) is 0. The summed E-state index contributed by atoms with van der Waals surface area (Å²) >= 11 is 0. The zero-order valence-corrected chi connectivity index (χ0v) is 11.7. The van der Waals surface area contributed by atoms with Crippen LogP contribution in [0, 0.1) is 11.7 Å². The van der Waals surface area contributed by atoms with Crippen molar-refractivity contribution in [1.82, 2.24) is 5.32 Å². The molecule has 100 valence electrons. The minimum Gasteiger partial charge on any atom is -0.307 e. The highest BCUT2D eigenvalue weighted by Crippen LogP contribution is 2.33. The predicted octanol–water partition coefficient (Wildman–Crippen LogP) is 4.23. The molecule has 3 unspecified atom stereocenters. The smallest absolute Gasteiger partial charge is 0.126 e. The molecule has 0 aliphatic heterocycles. The molecule has 0 saturated heterocycles. The maximum Gasteiger partial charge on any atom is 0.126 e. The number of hydrogen-bond donors (Lipinski definition) is 1. The number of benzene rings is 1. The maximum atomic E-state index is 13.6. The molecule has 1 nitrogen and oxygen atoms in total. The fraction of sp³-hybridized carbons (Fsp3) is 0.625. The zero-order valence-electron chi connectivity index (χ0n) is 11.7. The Balaban J connectivity index is 1.99. The van der Waals surface area contributed by atoms with Gasteiger partial charge in [-0.15, -0.1) is 0 Å². The molecule has 0 amide bonds. The minimum absolute atomic E-state index is 0.0358. The van der Waals surface area contributed by atoms with E-state index in [4.69, 9.17) is 0 Å². The summed E-state index contributed by atoms with van der Waals surface area (Å²) in [5, 5.41) is 3.66. The molecule has 0 radical (unpaired) electrons. The van der Waals surface area contributed by atoms with Gasteiger partial charge in [-0.2, -0.15) is 0 Å². The van der Waals surface area contributed by atoms with E-state index in [-0.39, 0.29) is 5.82 Å². The van der Waals surface area contributed by atoms with Gasteiger partial charge in [0.15, 0.2) is 0 Å². The van der Waals surface area contributed by atoms with Crippen molar-refractivity contribution < 1.29 is 4.39 Å². The summed E-state index contributed by atoms with van der Waals surface area (Å²) in [5.74, 6) is 0.715. The van der Waals surface area contributed by atoms with Crippen molar-refractivity contribution in [1.29, 1.82) is 0 Å². The van der Waals surface area contributed by atoms with Gasteiger partial charge in [-0.1, -0.05) is 32.4 Å². The van der Waals surface area contributed by atoms with E-state index < -0.39 is 0 Å². The molecule has 0 fully saturated rings. The van der Waals surface area contributed by atoms with Crippen molar-refractivity contribution in [3.63, 3.8) is 0 Å². The molecule has 1 aromatic rings. The molecule has 0 aromatic heterocycles. The van der Waals surface area contributed by atoms with E-state index in [1.54, 1.807) is 6.07 Å². The van der Waals surface area contributed by atoms with Crippen LogP contribution >= 0.6 is 0 Å². The second kappa shape index (κ2) is 5.83. The Hall–Kier alpha value is -0.890. The van der Waals surface area contributed by atoms with Crippen molar-refractivity contribution in [2.24, 2.45) is 5.92 Å². The minimum atomic E-state index is -0.0358. The summed E-state index contributed by atoms with van der Waals surface area (Å²) < 4.78 is 13.6. The average Bonchev–Trinajstić information content (AvgIpc) is 2.74. The average molecular weight is 249 g/mol. The molecular weight excluding hydrogens is 225 g/mol. The lowest BCUT2D eigenvalue weighted by molar-refractivity contribution is 0.374. The van der Waals surface area contributed by atoms with Gasteiger partial charge in [-0.3, -0.25) is 0 Å². The van der Waals surface area contributed by atoms with E-state index >= 15 is 0 Å². The van der Waals surface area contributed by atoms with E-state index in [0.29, 0.717) is 12.1 Å². The van der Waals surface area contributed by atoms with E-state index in [2.05, 4.69) is 32.2 Å². The fourth-order valence-electron chi connectivity index (χ4n) is 2.96. The van der Waals surface area contributed by atoms with Crippen LogP contribution in [-0.4, -0.2) is 6.04 Å². The lowest BCUT2D eigenvalue weighted by atomic mass is 9.99. The Morgan fingerprint density at radius 3 is 2.89 bits per heavy atom. The second-order valence-electron chi connectivity index (χ2n) is 5.72. The van der Waals surface area contributed by atoms with Crippen LogP contribution in [0.5, 0.6) is 0 Å². The first-order chi connectivity index (χ1) is 8.61. The fourth-order valence-corrected chi connectivity index (χ4v) is 2.96. The maximum absolute atomic E-state index is 13.6. The normalized spacial score (nSPS) is 21.7. The molecular formula is C16H24FN. The third kappa shape index (κ3) is 2.92. The summed E-state index contributed by atoms with van der Waals surface area (Å²) in [6.45, 7) is 6.77. The molecule has 1 aliphatic carbocycles. The van der Waals surface area contributed by atoms with Gasteiger partial charge in [-0.25, -0.2) is 4.39 Å². The van der Waals surface area contributed by atoms with Gasteiger partial charge in [0.2, 0.25) is 0 Å². The summed E-state index contributed by atoms with van der Waals surface area (Å²) in [6.07, 6.45) is 4.32. The van der Waals surface area contributed by atoms with Crippen molar-refractivity contribution in [2.45, 2.75) is 58.5 Å². The molecule has 1 N–H and O–H groups in total. The van der Waals surface area contributed by atoms with Gasteiger partial charge >= 0.3 is 0 Å². The third-order valence-electron chi connectivity index (χ3n) is 4.15. The number of rotatable bonds is 5. The first-order valence-electron chi connectivity index (χ1n) is 7.15. The van der Waals surface area contributed by atoms with Crippen LogP contribution in [-0.2, 0) is 6.42 Å². The first-order valence-corrected chi connectivity index (χ1v) is 7.15. The molecule has 0 heterocycles. The van der Waals surface area contributed by atoms with Gasteiger partial charge in [0.25, 0.3) is 0 Å². The van der Waals surface area contributed by atoms with Gasteiger partial charge < -0.3 is 5.32 Å². The van der Waals surface area contributed by atoms with Gasteiger partial charge in [0.1, 0.15) is 5.82 Å².